The minimum absolute atomic E-state index is 0.00193. The van der Waals surface area contributed by atoms with Crippen LogP contribution in [0.1, 0.15) is 24.8 Å². The third kappa shape index (κ3) is 3.83. The predicted molar refractivity (Wildman–Crippen MR) is 76.9 cm³/mol. The van der Waals surface area contributed by atoms with Crippen LogP contribution >= 0.6 is 23.2 Å². The standard InChI is InChI=1S/C12H16Cl2N2O2S/c13-10-5-9(7-15)12(14)11(6-10)19(17,18)16-4-3-8-1-2-8/h5-6,8,16H,1-4,7,15H2. The van der Waals surface area contributed by atoms with Crippen LogP contribution in [-0.4, -0.2) is 15.0 Å². The monoisotopic (exact) mass is 322 g/mol. The van der Waals surface area contributed by atoms with E-state index in [-0.39, 0.29) is 16.5 Å². The number of nitrogens with one attached hydrogen (secondary N) is 1. The van der Waals surface area contributed by atoms with Gasteiger partial charge in [0.2, 0.25) is 10.0 Å². The largest absolute Gasteiger partial charge is 0.326 e. The number of hydrogen-bond donors (Lipinski definition) is 2. The fourth-order valence-electron chi connectivity index (χ4n) is 1.84. The molecule has 1 aliphatic rings. The molecular formula is C12H16Cl2N2O2S. The van der Waals surface area contributed by atoms with E-state index in [4.69, 9.17) is 28.9 Å². The van der Waals surface area contributed by atoms with E-state index in [0.29, 0.717) is 23.0 Å². The Labute approximate surface area is 123 Å². The van der Waals surface area contributed by atoms with Gasteiger partial charge in [-0.3, -0.25) is 0 Å². The summed E-state index contributed by atoms with van der Waals surface area (Å²) < 4.78 is 26.9. The van der Waals surface area contributed by atoms with Crippen molar-refractivity contribution >= 4 is 33.2 Å². The zero-order valence-corrected chi connectivity index (χ0v) is 12.7. The summed E-state index contributed by atoms with van der Waals surface area (Å²) in [7, 11) is -3.64. The summed E-state index contributed by atoms with van der Waals surface area (Å²) in [4.78, 5) is -0.00193. The molecule has 0 bridgehead atoms. The number of sulfonamides is 1. The molecule has 2 rings (SSSR count). The summed E-state index contributed by atoms with van der Waals surface area (Å²) in [5.74, 6) is 0.664. The van der Waals surface area contributed by atoms with Crippen molar-refractivity contribution in [1.29, 1.82) is 0 Å². The first kappa shape index (κ1) is 15.1. The van der Waals surface area contributed by atoms with Gasteiger partial charge in [0.05, 0.1) is 5.02 Å². The molecule has 1 fully saturated rings. The topological polar surface area (TPSA) is 72.2 Å². The van der Waals surface area contributed by atoms with Crippen molar-refractivity contribution in [3.8, 4) is 0 Å². The first-order valence-corrected chi connectivity index (χ1v) is 8.35. The maximum Gasteiger partial charge on any atom is 0.242 e. The van der Waals surface area contributed by atoms with E-state index >= 15 is 0 Å². The van der Waals surface area contributed by atoms with E-state index in [2.05, 4.69) is 4.72 Å². The molecule has 0 atom stereocenters. The molecule has 0 saturated heterocycles. The van der Waals surface area contributed by atoms with Gasteiger partial charge in [-0.05, 0) is 30.0 Å². The second-order valence-corrected chi connectivity index (χ2v) is 7.26. The molecule has 1 aliphatic carbocycles. The average Bonchev–Trinajstić information content (AvgIpc) is 3.15. The molecule has 0 unspecified atom stereocenters. The van der Waals surface area contributed by atoms with E-state index in [1.54, 1.807) is 6.07 Å². The van der Waals surface area contributed by atoms with Gasteiger partial charge in [0.25, 0.3) is 0 Å². The van der Waals surface area contributed by atoms with Crippen LogP contribution < -0.4 is 10.5 Å². The van der Waals surface area contributed by atoms with Gasteiger partial charge in [-0.1, -0.05) is 36.0 Å². The second-order valence-electron chi connectivity index (χ2n) is 4.71. The van der Waals surface area contributed by atoms with E-state index in [1.165, 1.54) is 18.9 Å². The molecule has 7 heteroatoms. The van der Waals surface area contributed by atoms with Crippen LogP contribution in [0.25, 0.3) is 0 Å². The summed E-state index contributed by atoms with van der Waals surface area (Å²) in [5.41, 5.74) is 6.05. The lowest BCUT2D eigenvalue weighted by molar-refractivity contribution is 0.575. The van der Waals surface area contributed by atoms with Crippen LogP contribution in [0.2, 0.25) is 10.0 Å². The third-order valence-electron chi connectivity index (χ3n) is 3.13. The van der Waals surface area contributed by atoms with Crippen LogP contribution in [0.5, 0.6) is 0 Å². The van der Waals surface area contributed by atoms with Crippen molar-refractivity contribution in [3.63, 3.8) is 0 Å². The summed E-state index contributed by atoms with van der Waals surface area (Å²) in [6.07, 6.45) is 3.25. The maximum absolute atomic E-state index is 12.2. The molecule has 106 valence electrons. The molecule has 4 nitrogen and oxygen atoms in total. The molecule has 0 radical (unpaired) electrons. The summed E-state index contributed by atoms with van der Waals surface area (Å²) in [6, 6.07) is 2.93. The molecule has 1 aromatic rings. The van der Waals surface area contributed by atoms with Crippen LogP contribution in [0, 0.1) is 5.92 Å². The Morgan fingerprint density at radius 1 is 1.32 bits per heavy atom. The van der Waals surface area contributed by atoms with Crippen LogP contribution in [0.4, 0.5) is 0 Å². The van der Waals surface area contributed by atoms with Crippen molar-refractivity contribution < 1.29 is 8.42 Å². The van der Waals surface area contributed by atoms with Gasteiger partial charge in [0.15, 0.2) is 0 Å². The van der Waals surface area contributed by atoms with Gasteiger partial charge in [-0.2, -0.15) is 0 Å². The average molecular weight is 323 g/mol. The SMILES string of the molecule is NCc1cc(Cl)cc(S(=O)(=O)NCCC2CC2)c1Cl. The van der Waals surface area contributed by atoms with E-state index in [0.717, 1.165) is 6.42 Å². The van der Waals surface area contributed by atoms with Gasteiger partial charge in [-0.15, -0.1) is 0 Å². The van der Waals surface area contributed by atoms with Crippen LogP contribution in [-0.2, 0) is 16.6 Å². The molecule has 0 spiro atoms. The molecule has 3 N–H and O–H groups in total. The van der Waals surface area contributed by atoms with Crippen molar-refractivity contribution in [2.45, 2.75) is 30.7 Å². The lowest BCUT2D eigenvalue weighted by Gasteiger charge is -2.11. The lowest BCUT2D eigenvalue weighted by Crippen LogP contribution is -2.25. The normalized spacial score (nSPS) is 15.7. The first-order chi connectivity index (χ1) is 8.94. The number of halogens is 2. The Morgan fingerprint density at radius 2 is 2.00 bits per heavy atom. The minimum Gasteiger partial charge on any atom is -0.326 e. The van der Waals surface area contributed by atoms with Gasteiger partial charge >= 0.3 is 0 Å². The molecule has 19 heavy (non-hydrogen) atoms. The Bertz CT molecular complexity index is 571. The summed E-state index contributed by atoms with van der Waals surface area (Å²) >= 11 is 12.0. The fraction of sp³-hybridized carbons (Fsp3) is 0.500. The van der Waals surface area contributed by atoms with E-state index in [1.807, 2.05) is 0 Å². The van der Waals surface area contributed by atoms with E-state index in [9.17, 15) is 8.42 Å². The highest BCUT2D eigenvalue weighted by Gasteiger charge is 2.24. The highest BCUT2D eigenvalue weighted by molar-refractivity contribution is 7.89. The predicted octanol–water partition coefficient (Wildman–Crippen LogP) is 2.53. The fourth-order valence-corrected chi connectivity index (χ4v) is 3.83. The second kappa shape index (κ2) is 5.97. The molecule has 0 aromatic heterocycles. The molecule has 1 saturated carbocycles. The third-order valence-corrected chi connectivity index (χ3v) is 5.39. The number of hydrogen-bond acceptors (Lipinski definition) is 3. The molecular weight excluding hydrogens is 307 g/mol. The number of benzene rings is 1. The van der Waals surface area contributed by atoms with Gasteiger partial charge < -0.3 is 5.73 Å². The molecule has 0 amide bonds. The van der Waals surface area contributed by atoms with Gasteiger partial charge in [-0.25, -0.2) is 13.1 Å². The molecule has 1 aromatic carbocycles. The Hall–Kier alpha value is -0.330. The van der Waals surface area contributed by atoms with Gasteiger partial charge in [0.1, 0.15) is 4.90 Å². The zero-order valence-electron chi connectivity index (χ0n) is 10.3. The van der Waals surface area contributed by atoms with E-state index < -0.39 is 10.0 Å². The number of rotatable bonds is 6. The zero-order chi connectivity index (χ0) is 14.0. The maximum atomic E-state index is 12.2. The lowest BCUT2D eigenvalue weighted by atomic mass is 10.2. The Kier molecular flexibility index (Phi) is 4.74. The van der Waals surface area contributed by atoms with Crippen molar-refractivity contribution in [2.75, 3.05) is 6.54 Å². The van der Waals surface area contributed by atoms with Gasteiger partial charge in [0, 0.05) is 18.1 Å². The highest BCUT2D eigenvalue weighted by Crippen LogP contribution is 2.32. The molecule has 0 heterocycles. The highest BCUT2D eigenvalue weighted by atomic mass is 35.5. The first-order valence-electron chi connectivity index (χ1n) is 6.11. The van der Waals surface area contributed by atoms with Crippen molar-refractivity contribution in [1.82, 2.24) is 4.72 Å². The quantitative estimate of drug-likeness (QED) is 0.845. The number of nitrogens with two attached hydrogens (primary N) is 1. The van der Waals surface area contributed by atoms with Crippen LogP contribution in [0.3, 0.4) is 0 Å². The van der Waals surface area contributed by atoms with Crippen molar-refractivity contribution in [2.24, 2.45) is 11.7 Å². The Morgan fingerprint density at radius 3 is 2.58 bits per heavy atom. The minimum atomic E-state index is -3.64. The molecule has 0 aliphatic heterocycles. The smallest absolute Gasteiger partial charge is 0.242 e. The Balaban J connectivity index is 2.20. The summed E-state index contributed by atoms with van der Waals surface area (Å²) in [6.45, 7) is 0.567. The summed E-state index contributed by atoms with van der Waals surface area (Å²) in [5, 5.41) is 0.457. The van der Waals surface area contributed by atoms with Crippen molar-refractivity contribution in [3.05, 3.63) is 27.7 Å². The van der Waals surface area contributed by atoms with Crippen LogP contribution in [0.15, 0.2) is 17.0 Å².